The Bertz CT molecular complexity index is 698. The van der Waals surface area contributed by atoms with Crippen LogP contribution in [0.15, 0.2) is 54.6 Å². The molecule has 2 aromatic rings. The van der Waals surface area contributed by atoms with Gasteiger partial charge in [-0.2, -0.15) is 8.78 Å². The van der Waals surface area contributed by atoms with Crippen LogP contribution in [0.1, 0.15) is 5.56 Å². The summed E-state index contributed by atoms with van der Waals surface area (Å²) in [5, 5.41) is 0. The van der Waals surface area contributed by atoms with Crippen LogP contribution in [0.4, 0.5) is 8.78 Å². The topological polar surface area (TPSA) is 44.8 Å². The van der Waals surface area contributed by atoms with Gasteiger partial charge in [-0.15, -0.1) is 0 Å². The van der Waals surface area contributed by atoms with Crippen LogP contribution in [-0.4, -0.2) is 19.7 Å². The Morgan fingerprint density at radius 1 is 1.00 bits per heavy atom. The van der Waals surface area contributed by atoms with Crippen molar-refractivity contribution < 1.29 is 27.8 Å². The molecular weight excluding hydrogens is 306 g/mol. The molecule has 0 unspecified atom stereocenters. The lowest BCUT2D eigenvalue weighted by Crippen LogP contribution is -2.05. The first-order valence-electron chi connectivity index (χ1n) is 6.67. The summed E-state index contributed by atoms with van der Waals surface area (Å²) in [5.41, 5.74) is 0.338. The lowest BCUT2D eigenvalue weighted by molar-refractivity contribution is -0.129. The minimum absolute atomic E-state index is 0.0242. The van der Waals surface area contributed by atoms with Gasteiger partial charge >= 0.3 is 12.6 Å². The molecule has 6 heteroatoms. The van der Waals surface area contributed by atoms with Crippen molar-refractivity contribution in [3.8, 4) is 17.2 Å². The van der Waals surface area contributed by atoms with Gasteiger partial charge in [0.1, 0.15) is 5.75 Å². The van der Waals surface area contributed by atoms with Crippen molar-refractivity contribution in [2.24, 2.45) is 0 Å². The molecule has 0 spiro atoms. The number of hydrogen-bond donors (Lipinski definition) is 0. The van der Waals surface area contributed by atoms with Crippen molar-refractivity contribution in [3.63, 3.8) is 0 Å². The normalized spacial score (nSPS) is 10.8. The van der Waals surface area contributed by atoms with E-state index < -0.39 is 12.6 Å². The predicted octanol–water partition coefficient (Wildman–Crippen LogP) is 3.92. The van der Waals surface area contributed by atoms with Gasteiger partial charge in [-0.3, -0.25) is 0 Å². The summed E-state index contributed by atoms with van der Waals surface area (Å²) in [6.07, 6.45) is 2.47. The average Bonchev–Trinajstić information content (AvgIpc) is 2.54. The van der Waals surface area contributed by atoms with E-state index in [-0.39, 0.29) is 11.5 Å². The van der Waals surface area contributed by atoms with Gasteiger partial charge in [0.2, 0.25) is 0 Å². The molecular formula is C17H14F2O4. The second-order valence-corrected chi connectivity index (χ2v) is 4.32. The third-order valence-electron chi connectivity index (χ3n) is 2.81. The molecule has 4 nitrogen and oxygen atoms in total. The third kappa shape index (κ3) is 4.81. The Morgan fingerprint density at radius 3 is 2.26 bits per heavy atom. The van der Waals surface area contributed by atoms with E-state index in [1.807, 2.05) is 0 Å². The molecule has 2 aromatic carbocycles. The molecule has 0 heterocycles. The van der Waals surface area contributed by atoms with Gasteiger partial charge < -0.3 is 14.2 Å². The molecule has 0 aliphatic rings. The second kappa shape index (κ2) is 7.93. The summed E-state index contributed by atoms with van der Waals surface area (Å²) in [6, 6.07) is 12.8. The van der Waals surface area contributed by atoms with E-state index >= 15 is 0 Å². The fourth-order valence-corrected chi connectivity index (χ4v) is 1.82. The van der Waals surface area contributed by atoms with Gasteiger partial charge in [-0.05, 0) is 24.3 Å². The largest absolute Gasteiger partial charge is 0.493 e. The summed E-state index contributed by atoms with van der Waals surface area (Å²) in [7, 11) is 1.46. The Morgan fingerprint density at radius 2 is 1.61 bits per heavy atom. The monoisotopic (exact) mass is 320 g/mol. The molecule has 0 amide bonds. The summed E-state index contributed by atoms with van der Waals surface area (Å²) >= 11 is 0. The van der Waals surface area contributed by atoms with Crippen LogP contribution in [0.2, 0.25) is 0 Å². The molecule has 0 aliphatic heterocycles. The standard InChI is InChI=1S/C17H14F2O4/c1-21-14-8-4-5-9-15(14)22-16(20)11-10-12-6-2-3-7-13(12)23-17(18)19/h2-11,17H,1H3/b11-10+. The maximum atomic E-state index is 12.3. The minimum atomic E-state index is -2.94. The molecule has 0 aliphatic carbocycles. The molecule has 2 rings (SSSR count). The predicted molar refractivity (Wildman–Crippen MR) is 80.7 cm³/mol. The van der Waals surface area contributed by atoms with E-state index in [4.69, 9.17) is 9.47 Å². The number of esters is 1. The van der Waals surface area contributed by atoms with Crippen LogP contribution in [0.5, 0.6) is 17.2 Å². The number of para-hydroxylation sites is 3. The van der Waals surface area contributed by atoms with Crippen LogP contribution in [0, 0.1) is 0 Å². The van der Waals surface area contributed by atoms with Crippen LogP contribution in [-0.2, 0) is 4.79 Å². The number of carbonyl (C=O) groups is 1. The first-order chi connectivity index (χ1) is 11.1. The van der Waals surface area contributed by atoms with Crippen molar-refractivity contribution in [1.29, 1.82) is 0 Å². The lowest BCUT2D eigenvalue weighted by Gasteiger charge is -2.08. The van der Waals surface area contributed by atoms with Crippen LogP contribution in [0.25, 0.3) is 6.08 Å². The number of hydrogen-bond acceptors (Lipinski definition) is 4. The zero-order valence-corrected chi connectivity index (χ0v) is 12.2. The molecule has 0 N–H and O–H groups in total. The molecule has 0 fully saturated rings. The summed E-state index contributed by atoms with van der Waals surface area (Å²) in [4.78, 5) is 11.8. The van der Waals surface area contributed by atoms with Crippen molar-refractivity contribution in [2.45, 2.75) is 6.61 Å². The zero-order valence-electron chi connectivity index (χ0n) is 12.2. The van der Waals surface area contributed by atoms with Crippen LogP contribution in [0.3, 0.4) is 0 Å². The van der Waals surface area contributed by atoms with Crippen molar-refractivity contribution in [2.75, 3.05) is 7.11 Å². The van der Waals surface area contributed by atoms with Gasteiger partial charge in [0, 0.05) is 11.6 Å². The van der Waals surface area contributed by atoms with E-state index in [1.54, 1.807) is 42.5 Å². The SMILES string of the molecule is COc1ccccc1OC(=O)/C=C/c1ccccc1OC(F)F. The summed E-state index contributed by atoms with van der Waals surface area (Å²) in [5.74, 6) is -0.0114. The molecule has 0 saturated heterocycles. The highest BCUT2D eigenvalue weighted by Gasteiger charge is 2.09. The summed E-state index contributed by atoms with van der Waals surface area (Å²) in [6.45, 7) is -2.94. The maximum absolute atomic E-state index is 12.3. The quantitative estimate of drug-likeness (QED) is 0.460. The Balaban J connectivity index is 2.10. The number of halogens is 2. The maximum Gasteiger partial charge on any atom is 0.387 e. The van der Waals surface area contributed by atoms with E-state index in [0.717, 1.165) is 6.08 Å². The van der Waals surface area contributed by atoms with Gasteiger partial charge in [0.25, 0.3) is 0 Å². The highest BCUT2D eigenvalue weighted by molar-refractivity contribution is 5.89. The lowest BCUT2D eigenvalue weighted by atomic mass is 10.2. The number of benzene rings is 2. The highest BCUT2D eigenvalue weighted by Crippen LogP contribution is 2.26. The molecule has 0 atom stereocenters. The number of ether oxygens (including phenoxy) is 3. The molecule has 0 aromatic heterocycles. The smallest absolute Gasteiger partial charge is 0.387 e. The average molecular weight is 320 g/mol. The Kier molecular flexibility index (Phi) is 5.68. The van der Waals surface area contributed by atoms with E-state index in [2.05, 4.69) is 4.74 Å². The molecule has 120 valence electrons. The van der Waals surface area contributed by atoms with E-state index in [0.29, 0.717) is 11.3 Å². The molecule has 0 saturated carbocycles. The van der Waals surface area contributed by atoms with Crippen LogP contribution < -0.4 is 14.2 Å². The van der Waals surface area contributed by atoms with Crippen LogP contribution >= 0.6 is 0 Å². The fourth-order valence-electron chi connectivity index (χ4n) is 1.82. The first kappa shape index (κ1) is 16.5. The Labute approximate surface area is 131 Å². The highest BCUT2D eigenvalue weighted by atomic mass is 19.3. The number of rotatable bonds is 6. The molecule has 0 bridgehead atoms. The number of carbonyl (C=O) groups excluding carboxylic acids is 1. The van der Waals surface area contributed by atoms with Gasteiger partial charge in [-0.1, -0.05) is 30.3 Å². The van der Waals surface area contributed by atoms with Crippen molar-refractivity contribution in [3.05, 3.63) is 60.2 Å². The van der Waals surface area contributed by atoms with Gasteiger partial charge in [-0.25, -0.2) is 4.79 Å². The molecule has 23 heavy (non-hydrogen) atoms. The van der Waals surface area contributed by atoms with Crippen molar-refractivity contribution in [1.82, 2.24) is 0 Å². The molecule has 0 radical (unpaired) electrons. The number of alkyl halides is 2. The summed E-state index contributed by atoms with van der Waals surface area (Å²) < 4.78 is 39.2. The van der Waals surface area contributed by atoms with E-state index in [1.165, 1.54) is 19.3 Å². The van der Waals surface area contributed by atoms with E-state index in [9.17, 15) is 13.6 Å². The van der Waals surface area contributed by atoms with Gasteiger partial charge in [0.05, 0.1) is 7.11 Å². The second-order valence-electron chi connectivity index (χ2n) is 4.32. The zero-order chi connectivity index (χ0) is 16.7. The Hall–Kier alpha value is -2.89. The first-order valence-corrected chi connectivity index (χ1v) is 6.67. The third-order valence-corrected chi connectivity index (χ3v) is 2.81. The van der Waals surface area contributed by atoms with Gasteiger partial charge in [0.15, 0.2) is 11.5 Å². The van der Waals surface area contributed by atoms with Crippen molar-refractivity contribution >= 4 is 12.0 Å². The minimum Gasteiger partial charge on any atom is -0.493 e. The number of methoxy groups -OCH3 is 1. The fraction of sp³-hybridized carbons (Fsp3) is 0.118.